The van der Waals surface area contributed by atoms with E-state index in [1.54, 1.807) is 12.3 Å². The molecule has 7 nitrogen and oxygen atoms in total. The van der Waals surface area contributed by atoms with E-state index in [-0.39, 0.29) is 29.5 Å². The minimum Gasteiger partial charge on any atom is -0.511 e. The van der Waals surface area contributed by atoms with Gasteiger partial charge in [0.05, 0.1) is 18.1 Å². The molecule has 1 aliphatic carbocycles. The first-order valence-corrected chi connectivity index (χ1v) is 7.63. The first kappa shape index (κ1) is 15.9. The highest BCUT2D eigenvalue weighted by Gasteiger charge is 2.29. The van der Waals surface area contributed by atoms with Gasteiger partial charge in [-0.05, 0) is 32.0 Å². The Kier molecular flexibility index (Phi) is 4.41. The molecule has 0 saturated heterocycles. The number of anilines is 1. The molecule has 0 amide bonds. The third-order valence-electron chi connectivity index (χ3n) is 3.77. The summed E-state index contributed by atoms with van der Waals surface area (Å²) in [6.07, 6.45) is 3.50. The van der Waals surface area contributed by atoms with Crippen molar-refractivity contribution in [3.8, 4) is 0 Å². The fraction of sp³-hybridized carbons (Fsp3) is 0.294. The quantitative estimate of drug-likeness (QED) is 0.661. The molecular formula is C17H18N4O3. The van der Waals surface area contributed by atoms with E-state index in [0.717, 1.165) is 11.4 Å². The maximum Gasteiger partial charge on any atom is 0.243 e. The van der Waals surface area contributed by atoms with Gasteiger partial charge in [-0.25, -0.2) is 15.4 Å². The van der Waals surface area contributed by atoms with Crippen LogP contribution < -0.4 is 5.43 Å². The van der Waals surface area contributed by atoms with Crippen LogP contribution in [-0.4, -0.2) is 27.1 Å². The summed E-state index contributed by atoms with van der Waals surface area (Å²) in [6.45, 7) is 3.72. The minimum atomic E-state index is -0.174. The molecule has 0 saturated carbocycles. The summed E-state index contributed by atoms with van der Waals surface area (Å²) in [6, 6.07) is 5.43. The van der Waals surface area contributed by atoms with Crippen molar-refractivity contribution in [2.24, 2.45) is 5.10 Å². The lowest BCUT2D eigenvalue weighted by molar-refractivity contribution is -0.116. The van der Waals surface area contributed by atoms with Gasteiger partial charge in [0.15, 0.2) is 5.78 Å². The maximum absolute atomic E-state index is 12.3. The molecular weight excluding hydrogens is 308 g/mol. The highest BCUT2D eigenvalue weighted by molar-refractivity contribution is 6.14. The number of hydrogen-bond acceptors (Lipinski definition) is 7. The third-order valence-corrected chi connectivity index (χ3v) is 3.77. The van der Waals surface area contributed by atoms with E-state index in [0.29, 0.717) is 18.1 Å². The number of carbonyl (C=O) groups excluding carboxylic acids is 1. The predicted molar refractivity (Wildman–Crippen MR) is 89.0 cm³/mol. The second kappa shape index (κ2) is 6.66. The lowest BCUT2D eigenvalue weighted by atomic mass is 9.86. The van der Waals surface area contributed by atoms with Crippen LogP contribution in [0, 0.1) is 13.8 Å². The number of Topliss-reactive ketones (excluding diaryl/α,β-unsaturated/α-hetero) is 1. The van der Waals surface area contributed by atoms with Gasteiger partial charge in [-0.2, -0.15) is 5.10 Å². The van der Waals surface area contributed by atoms with Crippen LogP contribution in [0.25, 0.3) is 0 Å². The van der Waals surface area contributed by atoms with Gasteiger partial charge < -0.3 is 9.52 Å². The number of allylic oxidation sites excluding steroid dienone is 2. The molecule has 2 aromatic heterocycles. The summed E-state index contributed by atoms with van der Waals surface area (Å²) in [5, 5.41) is 14.1. The molecule has 1 atom stereocenters. The number of nitrogens with zero attached hydrogens (tertiary/aromatic N) is 3. The molecule has 0 fully saturated rings. The smallest absolute Gasteiger partial charge is 0.243 e. The second-order valence-electron chi connectivity index (χ2n) is 5.75. The van der Waals surface area contributed by atoms with Crippen LogP contribution in [0.15, 0.2) is 45.3 Å². The Morgan fingerprint density at radius 1 is 1.33 bits per heavy atom. The molecule has 24 heavy (non-hydrogen) atoms. The van der Waals surface area contributed by atoms with E-state index in [1.165, 1.54) is 6.21 Å². The van der Waals surface area contributed by atoms with E-state index in [4.69, 9.17) is 4.42 Å². The number of aliphatic hydroxyl groups excluding tert-OH is 1. The van der Waals surface area contributed by atoms with E-state index in [9.17, 15) is 9.90 Å². The lowest BCUT2D eigenvalue weighted by Crippen LogP contribution is -2.19. The van der Waals surface area contributed by atoms with Gasteiger partial charge in [0.25, 0.3) is 0 Å². The van der Waals surface area contributed by atoms with Crippen LogP contribution in [0.1, 0.15) is 35.9 Å². The highest BCUT2D eigenvalue weighted by atomic mass is 16.3. The Balaban J connectivity index is 1.72. The minimum absolute atomic E-state index is 0.0135. The Labute approximate surface area is 139 Å². The lowest BCUT2D eigenvalue weighted by Gasteiger charge is -2.20. The molecule has 0 spiro atoms. The molecule has 1 aliphatic rings. The zero-order valence-electron chi connectivity index (χ0n) is 13.5. The van der Waals surface area contributed by atoms with Crippen LogP contribution in [0.3, 0.4) is 0 Å². The monoisotopic (exact) mass is 326 g/mol. The molecule has 0 unspecified atom stereocenters. The second-order valence-corrected chi connectivity index (χ2v) is 5.75. The van der Waals surface area contributed by atoms with Gasteiger partial charge in [0.2, 0.25) is 5.95 Å². The number of furan rings is 1. The number of carbonyl (C=O) groups is 1. The average molecular weight is 326 g/mol. The normalized spacial score (nSPS) is 18.4. The number of nitrogens with one attached hydrogen (secondary N) is 1. The molecule has 124 valence electrons. The molecule has 7 heteroatoms. The topological polar surface area (TPSA) is 101 Å². The first-order chi connectivity index (χ1) is 11.5. The summed E-state index contributed by atoms with van der Waals surface area (Å²) < 4.78 is 5.32. The van der Waals surface area contributed by atoms with Crippen molar-refractivity contribution in [1.82, 2.24) is 9.97 Å². The summed E-state index contributed by atoms with van der Waals surface area (Å²) in [5.74, 6) is 0.750. The van der Waals surface area contributed by atoms with Crippen molar-refractivity contribution >= 4 is 17.9 Å². The van der Waals surface area contributed by atoms with Crippen molar-refractivity contribution in [2.75, 3.05) is 5.43 Å². The number of rotatable bonds is 4. The van der Waals surface area contributed by atoms with Gasteiger partial charge in [0.1, 0.15) is 11.5 Å². The highest BCUT2D eigenvalue weighted by Crippen LogP contribution is 2.33. The molecule has 2 aromatic rings. The van der Waals surface area contributed by atoms with Crippen molar-refractivity contribution in [3.63, 3.8) is 0 Å². The van der Waals surface area contributed by atoms with Crippen LogP contribution >= 0.6 is 0 Å². The number of ketones is 1. The van der Waals surface area contributed by atoms with E-state index in [2.05, 4.69) is 20.5 Å². The van der Waals surface area contributed by atoms with Crippen molar-refractivity contribution in [1.29, 1.82) is 0 Å². The number of hydrogen-bond donors (Lipinski definition) is 2. The van der Waals surface area contributed by atoms with Gasteiger partial charge >= 0.3 is 0 Å². The molecule has 3 rings (SSSR count). The molecule has 2 heterocycles. The number of hydrazone groups is 1. The van der Waals surface area contributed by atoms with Crippen LogP contribution in [0.2, 0.25) is 0 Å². The average Bonchev–Trinajstić information content (AvgIpc) is 3.03. The van der Waals surface area contributed by atoms with Crippen LogP contribution in [-0.2, 0) is 4.79 Å². The van der Waals surface area contributed by atoms with Gasteiger partial charge in [-0.15, -0.1) is 0 Å². The summed E-state index contributed by atoms with van der Waals surface area (Å²) in [7, 11) is 0. The third kappa shape index (κ3) is 3.51. The zero-order chi connectivity index (χ0) is 17.1. The standard InChI is InChI=1S/C17H18N4O3/c1-10-6-11(2)20-17(19-10)21-18-9-13-14(22)7-12(8-15(13)23)16-4-3-5-24-16/h3-6,9,12,22H,7-8H2,1-2H3,(H,19,20,21)/b18-9-/t12-/m1/s1. The Morgan fingerprint density at radius 3 is 2.71 bits per heavy atom. The first-order valence-electron chi connectivity index (χ1n) is 7.63. The largest absolute Gasteiger partial charge is 0.511 e. The number of aryl methyl sites for hydroxylation is 2. The molecule has 0 aromatic carbocycles. The van der Waals surface area contributed by atoms with E-state index >= 15 is 0 Å². The molecule has 0 bridgehead atoms. The fourth-order valence-corrected chi connectivity index (χ4v) is 2.71. The van der Waals surface area contributed by atoms with E-state index < -0.39 is 0 Å². The zero-order valence-corrected chi connectivity index (χ0v) is 13.5. The maximum atomic E-state index is 12.3. The summed E-state index contributed by atoms with van der Waals surface area (Å²) in [4.78, 5) is 20.6. The Hall–Kier alpha value is -2.96. The predicted octanol–water partition coefficient (Wildman–Crippen LogP) is 3.04. The Morgan fingerprint density at radius 2 is 2.08 bits per heavy atom. The van der Waals surface area contributed by atoms with Crippen molar-refractivity contribution < 1.29 is 14.3 Å². The number of aliphatic hydroxyl groups is 1. The Bertz CT molecular complexity index is 789. The molecule has 0 radical (unpaired) electrons. The van der Waals surface area contributed by atoms with Crippen molar-refractivity contribution in [2.45, 2.75) is 32.6 Å². The van der Waals surface area contributed by atoms with Crippen LogP contribution in [0.5, 0.6) is 0 Å². The fourth-order valence-electron chi connectivity index (χ4n) is 2.71. The van der Waals surface area contributed by atoms with Gasteiger partial charge in [-0.1, -0.05) is 0 Å². The summed E-state index contributed by atoms with van der Waals surface area (Å²) in [5.41, 5.74) is 4.52. The summed E-state index contributed by atoms with van der Waals surface area (Å²) >= 11 is 0. The van der Waals surface area contributed by atoms with Crippen LogP contribution in [0.4, 0.5) is 5.95 Å². The van der Waals surface area contributed by atoms with Gasteiger partial charge in [0, 0.05) is 30.1 Å². The molecule has 2 N–H and O–H groups in total. The van der Waals surface area contributed by atoms with Gasteiger partial charge in [-0.3, -0.25) is 4.79 Å². The van der Waals surface area contributed by atoms with E-state index in [1.807, 2.05) is 26.0 Å². The SMILES string of the molecule is Cc1cc(C)nc(N/N=C\C2=C(O)C[C@@H](c3ccco3)CC2=O)n1. The molecule has 0 aliphatic heterocycles. The number of aromatic nitrogens is 2. The van der Waals surface area contributed by atoms with Crippen molar-refractivity contribution in [3.05, 3.63) is 52.9 Å².